The fraction of sp³-hybridized carbons (Fsp3) is 0.667. The van der Waals surface area contributed by atoms with Crippen molar-refractivity contribution in [3.63, 3.8) is 0 Å². The van der Waals surface area contributed by atoms with Gasteiger partial charge in [-0.1, -0.05) is 0 Å². The molecule has 0 aliphatic heterocycles. The summed E-state index contributed by atoms with van der Waals surface area (Å²) in [6.45, 7) is 4.77. The molecule has 0 amide bonds. The number of aliphatic hydroxyl groups excluding tert-OH is 4. The molecule has 26 heavy (non-hydrogen) atoms. The van der Waals surface area contributed by atoms with Crippen LogP contribution in [0.2, 0.25) is 0 Å². The predicted octanol–water partition coefficient (Wildman–Crippen LogP) is -5.78. The molecular formula is C12H20CaO12Pb. The Balaban J connectivity index is -0.000000157. The number of aliphatic carboxylic acids is 2. The van der Waals surface area contributed by atoms with Crippen LogP contribution in [-0.4, -0.2) is 132 Å². The molecule has 0 heterocycles. The van der Waals surface area contributed by atoms with Crippen LogP contribution < -0.4 is 10.2 Å². The van der Waals surface area contributed by atoms with Crippen molar-refractivity contribution in [3.05, 3.63) is 0 Å². The Morgan fingerprint density at radius 2 is 0.885 bits per heavy atom. The number of aliphatic hydroxyl groups is 4. The standard InChI is InChI=1S/4C3H6O3.Ca.Pb/c4*1-2(4)3(5)6;;/h4*2,4H,1H3,(H,5,6);;/q;;;;2*+2/p-4. The maximum absolute atomic E-state index is 10.6. The quantitative estimate of drug-likeness (QED) is 0.209. The first kappa shape index (κ1) is 33.5. The van der Waals surface area contributed by atoms with E-state index in [1.165, 1.54) is 13.8 Å². The predicted molar refractivity (Wildman–Crippen MR) is 80.4 cm³/mol. The fourth-order valence-corrected chi connectivity index (χ4v) is 2.40. The monoisotopic (exact) mass is 604 g/mol. The summed E-state index contributed by atoms with van der Waals surface area (Å²) in [5.74, 6) is -4.48. The number of carboxylic acids is 2. The van der Waals surface area contributed by atoms with Crippen LogP contribution in [-0.2, 0) is 24.6 Å². The number of hydrogen-bond donors (Lipinski definition) is 4. The molecule has 2 radical (unpaired) electrons. The van der Waals surface area contributed by atoms with Crippen LogP contribution in [0, 0.1) is 0 Å². The van der Waals surface area contributed by atoms with E-state index in [4.69, 9.17) is 20.4 Å². The SMILES string of the molecule is CC(O)C(=O)[O-].CC(O)C(=O)[O-].CC(O)C(=O)[O][Pb][O]C(=O)C(C)O.[Ca+2]. The number of carboxylic acid groups (broad SMARTS) is 2. The van der Waals surface area contributed by atoms with E-state index in [2.05, 4.69) is 5.37 Å². The summed E-state index contributed by atoms with van der Waals surface area (Å²) in [6.07, 6.45) is -5.11. The van der Waals surface area contributed by atoms with Gasteiger partial charge in [0.05, 0.1) is 24.1 Å². The minimum Gasteiger partial charge on any atom is 2.00 e. The minimum atomic E-state index is -2.26. The summed E-state index contributed by atoms with van der Waals surface area (Å²) in [7, 11) is 0. The van der Waals surface area contributed by atoms with Gasteiger partial charge < -0.3 is 30.0 Å². The molecule has 12 nitrogen and oxygen atoms in total. The van der Waals surface area contributed by atoms with Crippen LogP contribution in [0.25, 0.3) is 0 Å². The van der Waals surface area contributed by atoms with Gasteiger partial charge in [0.25, 0.3) is 0 Å². The van der Waals surface area contributed by atoms with E-state index in [0.29, 0.717) is 0 Å². The van der Waals surface area contributed by atoms with Gasteiger partial charge in [0.2, 0.25) is 0 Å². The van der Waals surface area contributed by atoms with Gasteiger partial charge in [-0.3, -0.25) is 0 Å². The zero-order valence-corrected chi connectivity index (χ0v) is 20.7. The second-order valence-electron chi connectivity index (χ2n) is 4.27. The van der Waals surface area contributed by atoms with Gasteiger partial charge in [-0.15, -0.1) is 0 Å². The van der Waals surface area contributed by atoms with Gasteiger partial charge in [-0.05, 0) is 13.8 Å². The molecule has 0 aromatic rings. The average molecular weight is 604 g/mol. The van der Waals surface area contributed by atoms with Crippen LogP contribution in [0.5, 0.6) is 0 Å². The van der Waals surface area contributed by atoms with Crippen molar-refractivity contribution in [1.82, 2.24) is 0 Å². The number of carbonyl (C=O) groups is 4. The number of carbonyl (C=O) groups excluding carboxylic acids is 4. The summed E-state index contributed by atoms with van der Waals surface area (Å²) in [5.41, 5.74) is 0. The summed E-state index contributed by atoms with van der Waals surface area (Å²) >= 11 is -2.26. The molecule has 0 saturated carbocycles. The van der Waals surface area contributed by atoms with Crippen molar-refractivity contribution in [2.24, 2.45) is 0 Å². The normalized spacial score (nSPS) is 13.5. The molecular weight excluding hydrogens is 583 g/mol. The Bertz CT molecular complexity index is 386. The van der Waals surface area contributed by atoms with Gasteiger partial charge in [-0.25, -0.2) is 0 Å². The van der Waals surface area contributed by atoms with Gasteiger partial charge in [0, 0.05) is 0 Å². The first-order valence-electron chi connectivity index (χ1n) is 6.54. The van der Waals surface area contributed by atoms with Crippen molar-refractivity contribution in [3.8, 4) is 0 Å². The molecule has 0 aliphatic rings. The zero-order valence-electron chi connectivity index (χ0n) is 14.6. The maximum atomic E-state index is 10.6. The number of hydrogen-bond acceptors (Lipinski definition) is 12. The third kappa shape index (κ3) is 26.1. The van der Waals surface area contributed by atoms with E-state index in [1.54, 1.807) is 0 Å². The number of rotatable bonds is 6. The van der Waals surface area contributed by atoms with E-state index < -0.39 is 73.4 Å². The maximum Gasteiger partial charge on any atom is 2.00 e. The van der Waals surface area contributed by atoms with Gasteiger partial charge in [0.15, 0.2) is 0 Å². The molecule has 0 saturated heterocycles. The van der Waals surface area contributed by atoms with E-state index in [9.17, 15) is 29.4 Å². The van der Waals surface area contributed by atoms with Crippen molar-refractivity contribution in [2.45, 2.75) is 52.1 Å². The van der Waals surface area contributed by atoms with Crippen molar-refractivity contribution in [2.75, 3.05) is 0 Å². The first-order chi connectivity index (χ1) is 11.2. The first-order valence-corrected chi connectivity index (χ1v) is 9.71. The fourth-order valence-electron chi connectivity index (χ4n) is 0.274. The van der Waals surface area contributed by atoms with Crippen LogP contribution in [0.3, 0.4) is 0 Å². The van der Waals surface area contributed by atoms with E-state index >= 15 is 0 Å². The summed E-state index contributed by atoms with van der Waals surface area (Å²) in [6, 6.07) is 0. The molecule has 0 fully saturated rings. The van der Waals surface area contributed by atoms with E-state index in [1.807, 2.05) is 0 Å². The van der Waals surface area contributed by atoms with Crippen molar-refractivity contribution < 1.29 is 55.2 Å². The molecule has 4 unspecified atom stereocenters. The average Bonchev–Trinajstić information content (AvgIpc) is 2.47. The summed E-state index contributed by atoms with van der Waals surface area (Å²) in [4.78, 5) is 39.9. The molecule has 0 aliphatic carbocycles. The van der Waals surface area contributed by atoms with Gasteiger partial charge >= 0.3 is 126 Å². The van der Waals surface area contributed by atoms with Gasteiger partial charge in [-0.2, -0.15) is 0 Å². The van der Waals surface area contributed by atoms with Crippen molar-refractivity contribution in [1.29, 1.82) is 0 Å². The van der Waals surface area contributed by atoms with Gasteiger partial charge in [0.1, 0.15) is 0 Å². The topological polar surface area (TPSA) is 214 Å². The second-order valence-corrected chi connectivity index (χ2v) is 6.50. The zero-order chi connectivity index (χ0) is 20.7. The molecule has 0 aromatic carbocycles. The minimum absolute atomic E-state index is 0. The van der Waals surface area contributed by atoms with E-state index in [-0.39, 0.29) is 37.7 Å². The second kappa shape index (κ2) is 19.7. The van der Waals surface area contributed by atoms with Crippen LogP contribution in [0.4, 0.5) is 0 Å². The Kier molecular flexibility index (Phi) is 25.3. The smallest absolute Gasteiger partial charge is 2.00 e. The molecule has 146 valence electrons. The Morgan fingerprint density at radius 1 is 0.692 bits per heavy atom. The Morgan fingerprint density at radius 3 is 1.00 bits per heavy atom. The largest absolute Gasteiger partial charge is 2.00 e. The third-order valence-corrected chi connectivity index (χ3v) is 3.86. The van der Waals surface area contributed by atoms with Crippen LogP contribution in [0.15, 0.2) is 0 Å². The molecule has 0 spiro atoms. The third-order valence-electron chi connectivity index (χ3n) is 1.65. The molecule has 4 atom stereocenters. The molecule has 0 rings (SSSR count). The van der Waals surface area contributed by atoms with E-state index in [0.717, 1.165) is 13.8 Å². The van der Waals surface area contributed by atoms with Crippen LogP contribution >= 0.6 is 0 Å². The molecule has 14 heteroatoms. The van der Waals surface area contributed by atoms with Crippen LogP contribution in [0.1, 0.15) is 27.7 Å². The molecule has 0 aromatic heterocycles. The summed E-state index contributed by atoms with van der Waals surface area (Å²) in [5, 5.41) is 51.9. The molecule has 0 bridgehead atoms. The molecule has 4 N–H and O–H groups in total. The summed E-state index contributed by atoms with van der Waals surface area (Å²) < 4.78 is 8.95. The Labute approximate surface area is 192 Å². The van der Waals surface area contributed by atoms with Crippen molar-refractivity contribution >= 4 is 86.8 Å². The Hall–Kier alpha value is -0.0982.